The predicted octanol–water partition coefficient (Wildman–Crippen LogP) is 3.00. The van der Waals surface area contributed by atoms with E-state index in [-0.39, 0.29) is 37.1 Å². The number of anilines is 1. The molecule has 0 bridgehead atoms. The van der Waals surface area contributed by atoms with Crippen LogP contribution in [0.3, 0.4) is 0 Å². The first kappa shape index (κ1) is 24.3. The van der Waals surface area contributed by atoms with Crippen LogP contribution in [0.2, 0.25) is 0 Å². The molecule has 2 heterocycles. The maximum absolute atomic E-state index is 12.3. The Bertz CT molecular complexity index is 1440. The summed E-state index contributed by atoms with van der Waals surface area (Å²) < 4.78 is 12.1. The van der Waals surface area contributed by atoms with Crippen molar-refractivity contribution in [2.45, 2.75) is 6.73 Å². The molecule has 4 aromatic rings. The van der Waals surface area contributed by atoms with Crippen LogP contribution in [0.25, 0.3) is 23.3 Å². The fraction of sp³-hybridized carbons (Fsp3) is 0.115. The average molecular weight is 486 g/mol. The number of ether oxygens (including phenoxy) is 2. The highest BCUT2D eigenvalue weighted by Crippen LogP contribution is 2.09. The Morgan fingerprint density at radius 1 is 0.944 bits per heavy atom. The van der Waals surface area contributed by atoms with E-state index in [9.17, 15) is 14.4 Å². The molecule has 2 N–H and O–H groups in total. The number of amides is 1. The minimum absolute atomic E-state index is 0.0175. The number of rotatable bonds is 10. The number of imidazole rings is 1. The van der Waals surface area contributed by atoms with E-state index in [1.54, 1.807) is 12.2 Å². The SMILES string of the molecule is O=C(C=Cc1ccccc1)Nc1nc2c(ncn2COCCOC(=O)C=Cc2ccccc2)c(=O)[nH]1. The van der Waals surface area contributed by atoms with Crippen molar-refractivity contribution in [2.75, 3.05) is 18.5 Å². The zero-order valence-corrected chi connectivity index (χ0v) is 19.2. The molecular weight excluding hydrogens is 462 g/mol. The summed E-state index contributed by atoms with van der Waals surface area (Å²) in [5, 5.41) is 2.54. The van der Waals surface area contributed by atoms with Gasteiger partial charge in [0.25, 0.3) is 11.5 Å². The zero-order chi connectivity index (χ0) is 25.2. The lowest BCUT2D eigenvalue weighted by atomic mass is 10.2. The largest absolute Gasteiger partial charge is 0.460 e. The first-order valence-corrected chi connectivity index (χ1v) is 11.1. The summed E-state index contributed by atoms with van der Waals surface area (Å²) >= 11 is 0. The van der Waals surface area contributed by atoms with Crippen molar-refractivity contribution in [3.05, 3.63) is 101 Å². The Morgan fingerprint density at radius 2 is 1.61 bits per heavy atom. The maximum Gasteiger partial charge on any atom is 0.330 e. The molecule has 0 atom stereocenters. The van der Waals surface area contributed by atoms with Crippen LogP contribution in [0.1, 0.15) is 11.1 Å². The Hall–Kier alpha value is -4.83. The summed E-state index contributed by atoms with van der Waals surface area (Å²) in [4.78, 5) is 47.2. The van der Waals surface area contributed by atoms with Gasteiger partial charge >= 0.3 is 5.97 Å². The molecule has 0 aliphatic carbocycles. The Morgan fingerprint density at radius 3 is 2.31 bits per heavy atom. The quantitative estimate of drug-likeness (QED) is 0.201. The number of aromatic amines is 1. The summed E-state index contributed by atoms with van der Waals surface area (Å²) in [5.41, 5.74) is 1.60. The molecule has 0 unspecified atom stereocenters. The molecular formula is C26H23N5O5. The van der Waals surface area contributed by atoms with Crippen molar-refractivity contribution in [1.29, 1.82) is 0 Å². The highest BCUT2D eigenvalue weighted by atomic mass is 16.6. The van der Waals surface area contributed by atoms with Crippen LogP contribution in [-0.4, -0.2) is 44.6 Å². The number of carbonyl (C=O) groups is 2. The van der Waals surface area contributed by atoms with Gasteiger partial charge in [0.05, 0.1) is 12.9 Å². The molecule has 1 amide bonds. The molecule has 0 radical (unpaired) electrons. The van der Waals surface area contributed by atoms with Crippen LogP contribution in [0.5, 0.6) is 0 Å². The van der Waals surface area contributed by atoms with Gasteiger partial charge in [-0.3, -0.25) is 24.5 Å². The fourth-order valence-electron chi connectivity index (χ4n) is 3.14. The van der Waals surface area contributed by atoms with Gasteiger partial charge in [0.1, 0.15) is 13.3 Å². The third-order valence-electron chi connectivity index (χ3n) is 4.86. The van der Waals surface area contributed by atoms with Crippen molar-refractivity contribution < 1.29 is 19.1 Å². The Balaban J connectivity index is 1.29. The van der Waals surface area contributed by atoms with E-state index in [1.165, 1.54) is 23.0 Å². The number of hydrogen-bond donors (Lipinski definition) is 2. The molecule has 2 aromatic heterocycles. The molecule has 0 saturated carbocycles. The van der Waals surface area contributed by atoms with Gasteiger partial charge < -0.3 is 9.47 Å². The second-order valence-corrected chi connectivity index (χ2v) is 7.48. The molecule has 0 saturated heterocycles. The zero-order valence-electron chi connectivity index (χ0n) is 19.2. The van der Waals surface area contributed by atoms with E-state index < -0.39 is 17.4 Å². The van der Waals surface area contributed by atoms with Gasteiger partial charge in [0.2, 0.25) is 5.95 Å². The third-order valence-corrected chi connectivity index (χ3v) is 4.86. The smallest absolute Gasteiger partial charge is 0.330 e. The molecule has 4 rings (SSSR count). The third kappa shape index (κ3) is 6.84. The van der Waals surface area contributed by atoms with Gasteiger partial charge in [-0.1, -0.05) is 60.7 Å². The monoisotopic (exact) mass is 485 g/mol. The van der Waals surface area contributed by atoms with E-state index in [0.717, 1.165) is 11.1 Å². The predicted molar refractivity (Wildman–Crippen MR) is 135 cm³/mol. The lowest BCUT2D eigenvalue weighted by Crippen LogP contribution is -2.17. The van der Waals surface area contributed by atoms with Crippen LogP contribution in [0, 0.1) is 0 Å². The minimum Gasteiger partial charge on any atom is -0.460 e. The van der Waals surface area contributed by atoms with Crippen LogP contribution in [0.4, 0.5) is 5.95 Å². The van der Waals surface area contributed by atoms with Gasteiger partial charge in [-0.25, -0.2) is 9.78 Å². The summed E-state index contributed by atoms with van der Waals surface area (Å²) in [6, 6.07) is 18.7. The van der Waals surface area contributed by atoms with Crippen molar-refractivity contribution in [1.82, 2.24) is 19.5 Å². The van der Waals surface area contributed by atoms with Crippen molar-refractivity contribution in [3.8, 4) is 0 Å². The standard InChI is InChI=1S/C26H23N5O5/c32-21(13-11-19-7-3-1-4-8-19)28-26-29-24-23(25(34)30-26)27-17-31(24)18-35-15-16-36-22(33)14-12-20-9-5-2-6-10-20/h1-14,17H,15-16,18H2,(H2,28,29,30,32,34). The van der Waals surface area contributed by atoms with Gasteiger partial charge in [-0.2, -0.15) is 4.98 Å². The number of carbonyl (C=O) groups excluding carboxylic acids is 2. The topological polar surface area (TPSA) is 128 Å². The molecule has 182 valence electrons. The van der Waals surface area contributed by atoms with Gasteiger partial charge in [0.15, 0.2) is 11.2 Å². The lowest BCUT2D eigenvalue weighted by Gasteiger charge is -2.07. The van der Waals surface area contributed by atoms with Crippen LogP contribution in [0.15, 0.2) is 83.9 Å². The van der Waals surface area contributed by atoms with Crippen LogP contribution >= 0.6 is 0 Å². The average Bonchev–Trinajstić information content (AvgIpc) is 3.30. The Labute approximate surface area is 205 Å². The van der Waals surface area contributed by atoms with Crippen LogP contribution in [-0.2, 0) is 25.8 Å². The number of benzene rings is 2. The molecule has 0 spiro atoms. The first-order chi connectivity index (χ1) is 17.6. The summed E-state index contributed by atoms with van der Waals surface area (Å²) in [7, 11) is 0. The van der Waals surface area contributed by atoms with Crippen molar-refractivity contribution in [3.63, 3.8) is 0 Å². The number of nitrogens with zero attached hydrogens (tertiary/aromatic N) is 3. The number of fused-ring (bicyclic) bond motifs is 1. The van der Waals surface area contributed by atoms with Gasteiger partial charge in [0, 0.05) is 12.2 Å². The normalized spacial score (nSPS) is 11.3. The number of aromatic nitrogens is 4. The molecule has 36 heavy (non-hydrogen) atoms. The highest BCUT2D eigenvalue weighted by Gasteiger charge is 2.11. The lowest BCUT2D eigenvalue weighted by molar-refractivity contribution is -0.139. The Kier molecular flexibility index (Phi) is 8.13. The molecule has 0 aliphatic heterocycles. The van der Waals surface area contributed by atoms with E-state index >= 15 is 0 Å². The molecule has 0 fully saturated rings. The van der Waals surface area contributed by atoms with E-state index in [0.29, 0.717) is 0 Å². The highest BCUT2D eigenvalue weighted by molar-refractivity contribution is 6.01. The van der Waals surface area contributed by atoms with Crippen molar-refractivity contribution in [2.24, 2.45) is 0 Å². The first-order valence-electron chi connectivity index (χ1n) is 11.1. The van der Waals surface area contributed by atoms with Gasteiger partial charge in [-0.05, 0) is 23.3 Å². The minimum atomic E-state index is -0.500. The maximum atomic E-state index is 12.3. The second kappa shape index (κ2) is 12.0. The molecule has 0 aliphatic rings. The molecule has 10 heteroatoms. The van der Waals surface area contributed by atoms with Gasteiger partial charge in [-0.15, -0.1) is 0 Å². The van der Waals surface area contributed by atoms with E-state index in [2.05, 4.69) is 20.3 Å². The van der Waals surface area contributed by atoms with E-state index in [1.807, 2.05) is 60.7 Å². The number of esters is 1. The fourth-order valence-corrected chi connectivity index (χ4v) is 3.14. The summed E-state index contributed by atoms with van der Waals surface area (Å²) in [6.45, 7) is 0.195. The van der Waals surface area contributed by atoms with Crippen LogP contribution < -0.4 is 10.9 Å². The summed E-state index contributed by atoms with van der Waals surface area (Å²) in [5.74, 6) is -0.951. The number of hydrogen-bond acceptors (Lipinski definition) is 7. The molecule has 10 nitrogen and oxygen atoms in total. The van der Waals surface area contributed by atoms with E-state index in [4.69, 9.17) is 9.47 Å². The molecule has 2 aromatic carbocycles. The second-order valence-electron chi connectivity index (χ2n) is 7.48. The number of nitrogens with one attached hydrogen (secondary N) is 2. The van der Waals surface area contributed by atoms with Crippen molar-refractivity contribution >= 4 is 41.1 Å². The summed E-state index contributed by atoms with van der Waals surface area (Å²) in [6.07, 6.45) is 7.41. The number of H-pyrrole nitrogens is 1.